The van der Waals surface area contributed by atoms with E-state index in [0.29, 0.717) is 5.82 Å². The van der Waals surface area contributed by atoms with Crippen molar-refractivity contribution in [1.29, 1.82) is 0 Å². The maximum absolute atomic E-state index is 12.1. The molecular weight excluding hydrogens is 390 g/mol. The minimum atomic E-state index is -0.0790. The molecule has 8 heteroatoms. The number of thioether (sulfide) groups is 1. The van der Waals surface area contributed by atoms with E-state index in [1.54, 1.807) is 23.1 Å². The van der Waals surface area contributed by atoms with Crippen LogP contribution in [0.3, 0.4) is 0 Å². The smallest absolute Gasteiger partial charge is 0.234 e. The number of anilines is 1. The number of nitrogens with zero attached hydrogens (tertiary/aromatic N) is 4. The van der Waals surface area contributed by atoms with E-state index in [9.17, 15) is 4.79 Å². The number of hydrogen-bond acceptors (Lipinski definition) is 5. The fourth-order valence-corrected chi connectivity index (χ4v) is 3.17. The number of halogens is 1. The highest BCUT2D eigenvalue weighted by Crippen LogP contribution is 2.21. The van der Waals surface area contributed by atoms with Gasteiger partial charge in [0.15, 0.2) is 5.82 Å². The molecule has 3 rings (SSSR count). The van der Waals surface area contributed by atoms with Crippen LogP contribution < -0.4 is 5.32 Å². The van der Waals surface area contributed by atoms with Crippen LogP contribution in [-0.2, 0) is 4.79 Å². The number of carbonyl (C=O) groups is 1. The second-order valence-electron chi connectivity index (χ2n) is 4.96. The summed E-state index contributed by atoms with van der Waals surface area (Å²) in [5, 5.41) is 7.76. The lowest BCUT2D eigenvalue weighted by molar-refractivity contribution is -0.113. The molecule has 0 spiro atoms. The van der Waals surface area contributed by atoms with Crippen LogP contribution in [0.25, 0.3) is 5.82 Å². The number of benzene rings is 1. The first kappa shape index (κ1) is 16.7. The second-order valence-corrected chi connectivity index (χ2v) is 6.87. The topological polar surface area (TPSA) is 72.7 Å². The molecule has 122 valence electrons. The summed E-state index contributed by atoms with van der Waals surface area (Å²) in [5.74, 6) is 0.858. The zero-order chi connectivity index (χ0) is 16.9. The van der Waals surface area contributed by atoms with Gasteiger partial charge in [-0.3, -0.25) is 4.79 Å². The van der Waals surface area contributed by atoms with Crippen LogP contribution in [-0.4, -0.2) is 31.4 Å². The van der Waals surface area contributed by atoms with Crippen molar-refractivity contribution in [2.45, 2.75) is 11.9 Å². The van der Waals surface area contributed by atoms with E-state index < -0.39 is 0 Å². The number of nitrogens with one attached hydrogen (secondary N) is 1. The standard InChI is InChI=1S/C16H14BrN5OS/c1-11-7-12(17)3-4-13(11)21-15(23)9-24-16-8-14(18-10-19-16)22-6-2-5-20-22/h2-8,10H,9H2,1H3,(H,21,23). The highest BCUT2D eigenvalue weighted by atomic mass is 79.9. The van der Waals surface area contributed by atoms with Crippen LogP contribution in [0.2, 0.25) is 0 Å². The molecule has 0 saturated carbocycles. The van der Waals surface area contributed by atoms with Gasteiger partial charge in [-0.25, -0.2) is 14.6 Å². The number of amides is 1. The van der Waals surface area contributed by atoms with Crippen molar-refractivity contribution in [2.75, 3.05) is 11.1 Å². The first-order chi connectivity index (χ1) is 11.6. The molecule has 0 saturated heterocycles. The summed E-state index contributed by atoms with van der Waals surface area (Å²) in [5.41, 5.74) is 1.81. The van der Waals surface area contributed by atoms with Gasteiger partial charge in [0, 0.05) is 28.6 Å². The van der Waals surface area contributed by atoms with Crippen molar-refractivity contribution in [3.05, 3.63) is 59.1 Å². The van der Waals surface area contributed by atoms with Crippen LogP contribution in [0.4, 0.5) is 5.69 Å². The van der Waals surface area contributed by atoms with Crippen LogP contribution in [0.15, 0.2) is 58.6 Å². The molecular formula is C16H14BrN5OS. The zero-order valence-electron chi connectivity index (χ0n) is 12.8. The van der Waals surface area contributed by atoms with Gasteiger partial charge in [0.05, 0.1) is 5.75 Å². The molecule has 0 unspecified atom stereocenters. The molecule has 1 amide bonds. The van der Waals surface area contributed by atoms with E-state index >= 15 is 0 Å². The highest BCUT2D eigenvalue weighted by molar-refractivity contribution is 9.10. The third-order valence-corrected chi connectivity index (χ3v) is 4.60. The zero-order valence-corrected chi connectivity index (χ0v) is 15.2. The van der Waals surface area contributed by atoms with Crippen LogP contribution in [0.5, 0.6) is 0 Å². The highest BCUT2D eigenvalue weighted by Gasteiger charge is 2.08. The van der Waals surface area contributed by atoms with Gasteiger partial charge in [-0.05, 0) is 36.8 Å². The Labute approximate surface area is 151 Å². The number of carbonyl (C=O) groups excluding carboxylic acids is 1. The van der Waals surface area contributed by atoms with E-state index in [4.69, 9.17) is 0 Å². The van der Waals surface area contributed by atoms with Gasteiger partial charge in [0.25, 0.3) is 0 Å². The summed E-state index contributed by atoms with van der Waals surface area (Å²) in [4.78, 5) is 20.5. The van der Waals surface area contributed by atoms with Gasteiger partial charge in [0.1, 0.15) is 11.4 Å². The normalized spacial score (nSPS) is 10.6. The first-order valence-corrected chi connectivity index (χ1v) is 8.90. The summed E-state index contributed by atoms with van der Waals surface area (Å²) < 4.78 is 2.64. The number of rotatable bonds is 5. The predicted octanol–water partition coefficient (Wildman–Crippen LogP) is 3.46. The van der Waals surface area contributed by atoms with Gasteiger partial charge >= 0.3 is 0 Å². The lowest BCUT2D eigenvalue weighted by Gasteiger charge is -2.08. The summed E-state index contributed by atoms with van der Waals surface area (Å²) in [6, 6.07) is 9.36. The maximum Gasteiger partial charge on any atom is 0.234 e. The summed E-state index contributed by atoms with van der Waals surface area (Å²) in [7, 11) is 0. The Bertz CT molecular complexity index is 853. The van der Waals surface area contributed by atoms with Crippen molar-refractivity contribution in [3.63, 3.8) is 0 Å². The number of aryl methyl sites for hydroxylation is 1. The van der Waals surface area contributed by atoms with E-state index in [-0.39, 0.29) is 11.7 Å². The molecule has 0 fully saturated rings. The summed E-state index contributed by atoms with van der Waals surface area (Å²) in [6.45, 7) is 1.95. The lowest BCUT2D eigenvalue weighted by Crippen LogP contribution is -2.15. The van der Waals surface area contributed by atoms with Crippen molar-refractivity contribution in [1.82, 2.24) is 19.7 Å². The Morgan fingerprint density at radius 2 is 2.21 bits per heavy atom. The van der Waals surface area contributed by atoms with Gasteiger partial charge in [0.2, 0.25) is 5.91 Å². The molecule has 0 atom stereocenters. The fourth-order valence-electron chi connectivity index (χ4n) is 2.03. The molecule has 0 radical (unpaired) electrons. The van der Waals surface area contributed by atoms with Gasteiger partial charge in [-0.2, -0.15) is 5.10 Å². The Kier molecular flexibility index (Phi) is 5.27. The minimum absolute atomic E-state index is 0.0790. The molecule has 2 aromatic heterocycles. The molecule has 6 nitrogen and oxygen atoms in total. The Hall–Kier alpha value is -2.19. The average molecular weight is 404 g/mol. The monoisotopic (exact) mass is 403 g/mol. The van der Waals surface area contributed by atoms with E-state index in [1.807, 2.05) is 31.2 Å². The average Bonchev–Trinajstić information content (AvgIpc) is 3.10. The van der Waals surface area contributed by atoms with Crippen molar-refractivity contribution < 1.29 is 4.79 Å². The Morgan fingerprint density at radius 3 is 2.96 bits per heavy atom. The third-order valence-electron chi connectivity index (χ3n) is 3.18. The fraction of sp³-hybridized carbons (Fsp3) is 0.125. The number of aromatic nitrogens is 4. The number of hydrogen-bond donors (Lipinski definition) is 1. The van der Waals surface area contributed by atoms with Crippen molar-refractivity contribution in [3.8, 4) is 5.82 Å². The quantitative estimate of drug-likeness (QED) is 0.521. The van der Waals surface area contributed by atoms with Gasteiger partial charge in [-0.1, -0.05) is 27.7 Å². The van der Waals surface area contributed by atoms with E-state index in [0.717, 1.165) is 20.7 Å². The molecule has 24 heavy (non-hydrogen) atoms. The minimum Gasteiger partial charge on any atom is -0.325 e. The molecule has 0 bridgehead atoms. The predicted molar refractivity (Wildman–Crippen MR) is 97.4 cm³/mol. The van der Waals surface area contributed by atoms with Gasteiger partial charge < -0.3 is 5.32 Å². The largest absolute Gasteiger partial charge is 0.325 e. The third kappa shape index (κ3) is 4.21. The summed E-state index contributed by atoms with van der Waals surface area (Å²) >= 11 is 4.76. The Balaban J connectivity index is 1.61. The van der Waals surface area contributed by atoms with Crippen LogP contribution in [0.1, 0.15) is 5.56 Å². The molecule has 1 aromatic carbocycles. The Morgan fingerprint density at radius 1 is 1.33 bits per heavy atom. The molecule has 2 heterocycles. The molecule has 0 aliphatic rings. The van der Waals surface area contributed by atoms with Crippen molar-refractivity contribution >= 4 is 39.3 Å². The maximum atomic E-state index is 12.1. The SMILES string of the molecule is Cc1cc(Br)ccc1NC(=O)CSc1cc(-n2cccn2)ncn1. The molecule has 0 aliphatic carbocycles. The second kappa shape index (κ2) is 7.59. The van der Waals surface area contributed by atoms with E-state index in [1.165, 1.54) is 18.1 Å². The summed E-state index contributed by atoms with van der Waals surface area (Å²) in [6.07, 6.45) is 4.96. The van der Waals surface area contributed by atoms with Crippen molar-refractivity contribution in [2.24, 2.45) is 0 Å². The molecule has 1 N–H and O–H groups in total. The molecule has 0 aliphatic heterocycles. The first-order valence-electron chi connectivity index (χ1n) is 7.13. The van der Waals surface area contributed by atoms with E-state index in [2.05, 4.69) is 36.3 Å². The lowest BCUT2D eigenvalue weighted by atomic mass is 10.2. The van der Waals surface area contributed by atoms with Crippen LogP contribution in [0, 0.1) is 6.92 Å². The van der Waals surface area contributed by atoms with Gasteiger partial charge in [-0.15, -0.1) is 0 Å². The van der Waals surface area contributed by atoms with Crippen LogP contribution >= 0.6 is 27.7 Å². The molecule has 3 aromatic rings.